The van der Waals surface area contributed by atoms with Crippen molar-refractivity contribution in [1.29, 1.82) is 0 Å². The van der Waals surface area contributed by atoms with Crippen LogP contribution in [0.2, 0.25) is 0 Å². The molecule has 0 spiro atoms. The normalized spacial score (nSPS) is 11.1. The third kappa shape index (κ3) is 3.99. The predicted octanol–water partition coefficient (Wildman–Crippen LogP) is 4.29. The summed E-state index contributed by atoms with van der Waals surface area (Å²) in [5.41, 5.74) is 2.35. The van der Waals surface area contributed by atoms with Crippen molar-refractivity contribution in [2.24, 2.45) is 5.92 Å². The van der Waals surface area contributed by atoms with Crippen molar-refractivity contribution in [2.75, 3.05) is 0 Å². The van der Waals surface area contributed by atoms with Gasteiger partial charge < -0.3 is 4.57 Å². The van der Waals surface area contributed by atoms with E-state index in [1.807, 2.05) is 18.2 Å². The molecule has 0 saturated heterocycles. The molecule has 0 saturated carbocycles. The summed E-state index contributed by atoms with van der Waals surface area (Å²) in [5, 5.41) is 9.80. The van der Waals surface area contributed by atoms with Crippen molar-refractivity contribution in [3.8, 4) is 11.4 Å². The molecule has 0 amide bonds. The maximum Gasteiger partial charge on any atom is 0.191 e. The lowest BCUT2D eigenvalue weighted by atomic mass is 10.2. The second kappa shape index (κ2) is 7.42. The quantitative estimate of drug-likeness (QED) is 0.635. The fraction of sp³-hybridized carbons (Fsp3) is 0.278. The number of aromatic nitrogens is 4. The lowest BCUT2D eigenvalue weighted by molar-refractivity contribution is 0.498. The molecule has 0 aliphatic carbocycles. The number of nitrogens with zero attached hydrogens (tertiary/aromatic N) is 4. The number of hydrogen-bond donors (Lipinski definition) is 0. The molecule has 0 unspecified atom stereocenters. The van der Waals surface area contributed by atoms with E-state index in [1.165, 1.54) is 5.56 Å². The lowest BCUT2D eigenvalue weighted by Gasteiger charge is -2.12. The summed E-state index contributed by atoms with van der Waals surface area (Å²) < 4.78 is 2.22. The minimum absolute atomic E-state index is 0.530. The van der Waals surface area contributed by atoms with Gasteiger partial charge >= 0.3 is 0 Å². The summed E-state index contributed by atoms with van der Waals surface area (Å²) in [5.74, 6) is 2.34. The third-order valence-corrected chi connectivity index (χ3v) is 4.45. The SMILES string of the molecule is CC(C)Cn1c(SCc2ccccc2)nnc1-c1ccncc1. The van der Waals surface area contributed by atoms with Crippen molar-refractivity contribution in [3.63, 3.8) is 0 Å². The van der Waals surface area contributed by atoms with Crippen molar-refractivity contribution in [2.45, 2.75) is 31.3 Å². The summed E-state index contributed by atoms with van der Waals surface area (Å²) in [6.07, 6.45) is 3.58. The molecule has 4 nitrogen and oxygen atoms in total. The molecule has 0 aliphatic heterocycles. The summed E-state index contributed by atoms with van der Waals surface area (Å²) in [6.45, 7) is 5.33. The van der Waals surface area contributed by atoms with Gasteiger partial charge in [0.1, 0.15) is 0 Å². The van der Waals surface area contributed by atoms with E-state index < -0.39 is 0 Å². The Kier molecular flexibility index (Phi) is 5.08. The van der Waals surface area contributed by atoms with E-state index in [2.05, 4.69) is 57.9 Å². The molecule has 0 bridgehead atoms. The van der Waals surface area contributed by atoms with Crippen molar-refractivity contribution < 1.29 is 0 Å². The van der Waals surface area contributed by atoms with E-state index in [0.29, 0.717) is 5.92 Å². The topological polar surface area (TPSA) is 43.6 Å². The molecule has 23 heavy (non-hydrogen) atoms. The number of thioether (sulfide) groups is 1. The first kappa shape index (κ1) is 15.7. The van der Waals surface area contributed by atoms with Crippen LogP contribution in [0, 0.1) is 5.92 Å². The Hall–Kier alpha value is -2.14. The van der Waals surface area contributed by atoms with Gasteiger partial charge in [-0.15, -0.1) is 10.2 Å². The zero-order chi connectivity index (χ0) is 16.1. The highest BCUT2D eigenvalue weighted by atomic mass is 32.2. The molecular weight excluding hydrogens is 304 g/mol. The van der Waals surface area contributed by atoms with Crippen LogP contribution in [-0.4, -0.2) is 19.7 Å². The first-order valence-electron chi connectivity index (χ1n) is 7.74. The molecule has 3 aromatic rings. The maximum atomic E-state index is 4.42. The van der Waals surface area contributed by atoms with Crippen molar-refractivity contribution in [3.05, 3.63) is 60.4 Å². The second-order valence-corrected chi connectivity index (χ2v) is 6.76. The average molecular weight is 324 g/mol. The Bertz CT molecular complexity index is 738. The monoisotopic (exact) mass is 324 g/mol. The summed E-state index contributed by atoms with van der Waals surface area (Å²) >= 11 is 1.73. The van der Waals surface area contributed by atoms with Crippen LogP contribution in [0.5, 0.6) is 0 Å². The third-order valence-electron chi connectivity index (χ3n) is 3.41. The molecule has 0 N–H and O–H groups in total. The van der Waals surface area contributed by atoms with Crippen LogP contribution in [0.4, 0.5) is 0 Å². The van der Waals surface area contributed by atoms with Crippen molar-refractivity contribution in [1.82, 2.24) is 19.7 Å². The molecule has 0 fully saturated rings. The van der Waals surface area contributed by atoms with Gasteiger partial charge in [-0.1, -0.05) is 55.9 Å². The van der Waals surface area contributed by atoms with E-state index >= 15 is 0 Å². The molecule has 0 atom stereocenters. The van der Waals surface area contributed by atoms with Gasteiger partial charge in [0.05, 0.1) is 0 Å². The van der Waals surface area contributed by atoms with Gasteiger partial charge in [0, 0.05) is 30.3 Å². The van der Waals surface area contributed by atoms with E-state index in [-0.39, 0.29) is 0 Å². The van der Waals surface area contributed by atoms with Crippen LogP contribution in [0.15, 0.2) is 60.0 Å². The Balaban J connectivity index is 1.86. The number of hydrogen-bond acceptors (Lipinski definition) is 4. The zero-order valence-electron chi connectivity index (χ0n) is 13.4. The minimum atomic E-state index is 0.530. The van der Waals surface area contributed by atoms with Gasteiger partial charge in [-0.25, -0.2) is 0 Å². The first-order valence-corrected chi connectivity index (χ1v) is 8.73. The van der Waals surface area contributed by atoms with E-state index in [4.69, 9.17) is 0 Å². The highest BCUT2D eigenvalue weighted by Crippen LogP contribution is 2.27. The molecule has 5 heteroatoms. The molecule has 3 rings (SSSR count). The zero-order valence-corrected chi connectivity index (χ0v) is 14.2. The van der Waals surface area contributed by atoms with E-state index in [0.717, 1.165) is 28.8 Å². The van der Waals surface area contributed by atoms with Gasteiger partial charge in [-0.2, -0.15) is 0 Å². The molecule has 118 valence electrons. The van der Waals surface area contributed by atoms with Crippen LogP contribution < -0.4 is 0 Å². The largest absolute Gasteiger partial charge is 0.302 e. The van der Waals surface area contributed by atoms with Crippen LogP contribution in [0.3, 0.4) is 0 Å². The Morgan fingerprint density at radius 2 is 1.74 bits per heavy atom. The Labute approximate surface area is 141 Å². The summed E-state index contributed by atoms with van der Waals surface area (Å²) in [4.78, 5) is 4.08. The standard InChI is InChI=1S/C18H20N4S/c1-14(2)12-22-17(16-8-10-19-11-9-16)20-21-18(22)23-13-15-6-4-3-5-7-15/h3-11,14H,12-13H2,1-2H3. The molecule has 0 radical (unpaired) electrons. The smallest absolute Gasteiger partial charge is 0.191 e. The highest BCUT2D eigenvalue weighted by molar-refractivity contribution is 7.98. The van der Waals surface area contributed by atoms with Gasteiger partial charge in [-0.3, -0.25) is 4.98 Å². The minimum Gasteiger partial charge on any atom is -0.302 e. The van der Waals surface area contributed by atoms with Crippen LogP contribution in [-0.2, 0) is 12.3 Å². The summed E-state index contributed by atoms with van der Waals surface area (Å²) in [7, 11) is 0. The first-order chi connectivity index (χ1) is 11.2. The fourth-order valence-corrected chi connectivity index (χ4v) is 3.27. The van der Waals surface area contributed by atoms with Crippen LogP contribution in [0.25, 0.3) is 11.4 Å². The van der Waals surface area contributed by atoms with Gasteiger partial charge in [0.15, 0.2) is 11.0 Å². The number of benzene rings is 1. The predicted molar refractivity (Wildman–Crippen MR) is 94.1 cm³/mol. The van der Waals surface area contributed by atoms with E-state index in [9.17, 15) is 0 Å². The highest BCUT2D eigenvalue weighted by Gasteiger charge is 2.15. The second-order valence-electron chi connectivity index (χ2n) is 5.82. The number of rotatable bonds is 6. The Morgan fingerprint density at radius 1 is 1.00 bits per heavy atom. The van der Waals surface area contributed by atoms with Crippen LogP contribution >= 0.6 is 11.8 Å². The van der Waals surface area contributed by atoms with Gasteiger partial charge in [0.2, 0.25) is 0 Å². The molecule has 2 aromatic heterocycles. The van der Waals surface area contributed by atoms with Gasteiger partial charge in [-0.05, 0) is 23.6 Å². The molecule has 2 heterocycles. The molecule has 0 aliphatic rings. The van der Waals surface area contributed by atoms with Gasteiger partial charge in [0.25, 0.3) is 0 Å². The fourth-order valence-electron chi connectivity index (χ4n) is 2.36. The van der Waals surface area contributed by atoms with Crippen molar-refractivity contribution >= 4 is 11.8 Å². The Morgan fingerprint density at radius 3 is 2.43 bits per heavy atom. The lowest BCUT2D eigenvalue weighted by Crippen LogP contribution is -2.07. The molecule has 1 aromatic carbocycles. The maximum absolute atomic E-state index is 4.42. The molecular formula is C18H20N4S. The van der Waals surface area contributed by atoms with E-state index in [1.54, 1.807) is 24.2 Å². The number of pyridine rings is 1. The average Bonchev–Trinajstić information content (AvgIpc) is 2.97. The van der Waals surface area contributed by atoms with Crippen LogP contribution in [0.1, 0.15) is 19.4 Å². The summed E-state index contributed by atoms with van der Waals surface area (Å²) in [6, 6.07) is 14.4.